The molecule has 8 saturated heterocycles. The van der Waals surface area contributed by atoms with Gasteiger partial charge in [0.2, 0.25) is 0 Å². The number of hydrogen-bond acceptors (Lipinski definition) is 28. The van der Waals surface area contributed by atoms with Crippen molar-refractivity contribution in [1.29, 1.82) is 0 Å². The number of rotatable bonds is 26. The van der Waals surface area contributed by atoms with E-state index in [9.17, 15) is 72.4 Å². The van der Waals surface area contributed by atoms with Gasteiger partial charge in [-0.25, -0.2) is 82.4 Å². The first-order valence-corrected chi connectivity index (χ1v) is 42.6. The number of carboxylic acids is 3. The number of aromatic nitrogens is 12. The summed E-state index contributed by atoms with van der Waals surface area (Å²) < 4.78 is 88.7. The van der Waals surface area contributed by atoms with E-state index in [0.29, 0.717) is 73.8 Å². The van der Waals surface area contributed by atoms with Crippen LogP contribution in [0.5, 0.6) is 0 Å². The van der Waals surface area contributed by atoms with Gasteiger partial charge in [0.1, 0.15) is 85.4 Å². The predicted molar refractivity (Wildman–Crippen MR) is 455 cm³/mol. The Morgan fingerprint density at radius 3 is 1.30 bits per heavy atom. The van der Waals surface area contributed by atoms with E-state index in [2.05, 4.69) is 89.0 Å². The topological polar surface area (TPSA) is 539 Å². The van der Waals surface area contributed by atoms with Crippen LogP contribution in [-0.2, 0) is 84.2 Å². The Hall–Kier alpha value is -14.2. The third kappa shape index (κ3) is 19.4. The van der Waals surface area contributed by atoms with Crippen molar-refractivity contribution >= 4 is 116 Å². The van der Waals surface area contributed by atoms with Crippen molar-refractivity contribution in [3.63, 3.8) is 0 Å². The molecule has 132 heavy (non-hydrogen) atoms. The number of benzene rings is 5. The summed E-state index contributed by atoms with van der Waals surface area (Å²) in [5, 5.41) is 56.7. The van der Waals surface area contributed by atoms with Crippen LogP contribution in [-0.4, -0.2) is 254 Å². The molecule has 0 aliphatic carbocycles. The minimum Gasteiger partial charge on any atom is -0.480 e. The lowest BCUT2D eigenvalue weighted by Gasteiger charge is -2.27. The van der Waals surface area contributed by atoms with Crippen molar-refractivity contribution in [3.05, 3.63) is 206 Å². The number of likely N-dealkylation sites (tertiary alicyclic amines) is 2. The average molecular weight is 1820 g/mol. The average Bonchev–Trinajstić information content (AvgIpc) is 1.58. The number of carbonyl (C=O) groups is 9. The zero-order chi connectivity index (χ0) is 91.8. The van der Waals surface area contributed by atoms with Crippen molar-refractivity contribution < 1.29 is 115 Å². The summed E-state index contributed by atoms with van der Waals surface area (Å²) in [6, 6.07) is 34.8. The number of amides is 9. The lowest BCUT2D eigenvalue weighted by molar-refractivity contribution is -0.172. The number of aliphatic carboxylic acids is 3. The molecule has 14 heterocycles. The number of nitrogens with one attached hydrogen (secondary N) is 7. The van der Waals surface area contributed by atoms with Crippen LogP contribution >= 0.6 is 0 Å². The quantitative estimate of drug-likeness (QED) is 0.0236. The molecule has 8 fully saturated rings. The van der Waals surface area contributed by atoms with E-state index in [1.165, 1.54) is 63.0 Å². The fourth-order valence-corrected chi connectivity index (χ4v) is 17.0. The molecule has 9 amide bonds. The number of para-hydroxylation sites is 2. The molecule has 18 atom stereocenters. The number of aliphatic hydroxyl groups excluding tert-OH is 1. The number of nitrogens with zero attached hydrogens (tertiary/aromatic N) is 14. The summed E-state index contributed by atoms with van der Waals surface area (Å²) in [6.07, 6.45) is 0.118. The fourth-order valence-electron chi connectivity index (χ4n) is 17.0. The zero-order valence-electron chi connectivity index (χ0n) is 70.2. The highest BCUT2D eigenvalue weighted by Crippen LogP contribution is 2.48. The maximum Gasteiger partial charge on any atom is 0.328 e. The van der Waals surface area contributed by atoms with Crippen molar-refractivity contribution in [1.82, 2.24) is 79.0 Å². The highest BCUT2D eigenvalue weighted by atomic mass is 19.1. The molecule has 8 aliphatic heterocycles. The zero-order valence-corrected chi connectivity index (χ0v) is 70.2. The summed E-state index contributed by atoms with van der Waals surface area (Å²) >= 11 is 0. The Morgan fingerprint density at radius 2 is 0.864 bits per heavy atom. The number of halogens is 2. The summed E-state index contributed by atoms with van der Waals surface area (Å²) in [5.41, 5.74) is 4.65. The van der Waals surface area contributed by atoms with E-state index in [-0.39, 0.29) is 58.3 Å². The minimum atomic E-state index is -1.53. The first-order chi connectivity index (χ1) is 64.1. The van der Waals surface area contributed by atoms with Crippen molar-refractivity contribution in [2.75, 3.05) is 52.8 Å². The molecule has 0 bridgehead atoms. The lowest BCUT2D eigenvalue weighted by Crippen LogP contribution is -2.50. The molecule has 8 aliphatic rings. The normalized spacial score (nSPS) is 25.1. The number of carbonyl (C=O) groups excluding carboxylic acids is 6. The molecule has 5 aromatic carbocycles. The molecule has 11 aromatic rings. The number of anilines is 5. The predicted octanol–water partition coefficient (Wildman–Crippen LogP) is 7.34. The third-order valence-corrected chi connectivity index (χ3v) is 23.2. The number of fused-ring (bicyclic) bond motifs is 6. The molecule has 0 radical (unpaired) electrons. The molecule has 0 saturated carbocycles. The smallest absolute Gasteiger partial charge is 0.328 e. The number of carboxylic acid groups (broad SMARTS) is 3. The van der Waals surface area contributed by atoms with E-state index in [0.717, 1.165) is 42.9 Å². The Balaban J connectivity index is 0.000000138. The number of aliphatic hydroxyl groups is 1. The third-order valence-electron chi connectivity index (χ3n) is 23.2. The van der Waals surface area contributed by atoms with Crippen LogP contribution in [0.4, 0.5) is 52.0 Å². The van der Waals surface area contributed by atoms with Gasteiger partial charge in [0.15, 0.2) is 107 Å². The van der Waals surface area contributed by atoms with Crippen LogP contribution in [0, 0.1) is 11.6 Å². The second kappa shape index (κ2) is 40.1. The van der Waals surface area contributed by atoms with Gasteiger partial charge in [-0.1, -0.05) is 123 Å². The van der Waals surface area contributed by atoms with Crippen molar-refractivity contribution in [3.8, 4) is 0 Å². The van der Waals surface area contributed by atoms with Gasteiger partial charge in [0, 0.05) is 55.5 Å². The second-order valence-electron chi connectivity index (χ2n) is 31.8. The molecule has 19 rings (SSSR count). The Labute approximate surface area is 747 Å². The van der Waals surface area contributed by atoms with E-state index in [1.54, 1.807) is 53.1 Å². The van der Waals surface area contributed by atoms with Gasteiger partial charge in [-0.2, -0.15) is 0 Å². The number of urea groups is 3. The molecule has 45 heteroatoms. The van der Waals surface area contributed by atoms with Crippen LogP contribution < -0.4 is 37.2 Å². The van der Waals surface area contributed by atoms with Gasteiger partial charge in [-0.3, -0.25) is 44.0 Å². The molecule has 43 nitrogen and oxygen atoms in total. The highest BCUT2D eigenvalue weighted by Gasteiger charge is 2.61. The SMILES string of the molecule is CCCCCCNC(=O)Nc1ncnc2c1ncn2C1OC(C(=O)N2CCCC2C(=O)O)C2OC(Cc3ccccc3)OC21.O=C(Nc1ccccc1)Nc1ncnc2c1ncn2C1OC(C(=O)N2CCCC2C(=O)O)C2OC(c3ccc(F)cc3F)OC21.O=C(Nc1ccccc1)Nc1ncnc2c1ncn2C1OC(C(=O)NC(CO)C(=O)O)C2OC(Cc3ccccc3)OC21. The Kier molecular flexibility index (Phi) is 27.3. The van der Waals surface area contributed by atoms with Gasteiger partial charge in [0.25, 0.3) is 17.7 Å². The van der Waals surface area contributed by atoms with Gasteiger partial charge in [-0.05, 0) is 79.6 Å². The Morgan fingerprint density at radius 1 is 0.455 bits per heavy atom. The van der Waals surface area contributed by atoms with E-state index >= 15 is 0 Å². The number of ether oxygens (including phenoxy) is 9. The number of imidazole rings is 3. The summed E-state index contributed by atoms with van der Waals surface area (Å²) in [7, 11) is 0. The highest BCUT2D eigenvalue weighted by molar-refractivity contribution is 6.04. The molecule has 18 unspecified atom stereocenters. The molecular formula is C87H89F2N21O22. The molecule has 6 aromatic heterocycles. The molecular weight excluding hydrogens is 1730 g/mol. The van der Waals surface area contributed by atoms with E-state index in [1.807, 2.05) is 72.8 Å². The van der Waals surface area contributed by atoms with Crippen LogP contribution in [0.3, 0.4) is 0 Å². The minimum absolute atomic E-state index is 0.0885. The first-order valence-electron chi connectivity index (χ1n) is 42.6. The van der Waals surface area contributed by atoms with E-state index in [4.69, 9.17) is 42.6 Å². The largest absolute Gasteiger partial charge is 0.480 e. The monoisotopic (exact) mass is 1820 g/mol. The summed E-state index contributed by atoms with van der Waals surface area (Å²) in [6.45, 7) is 2.39. The number of unbranched alkanes of at least 4 members (excludes halogenated alkanes) is 3. The van der Waals surface area contributed by atoms with Gasteiger partial charge in [-0.15, -0.1) is 0 Å². The van der Waals surface area contributed by atoms with Gasteiger partial charge < -0.3 is 94.1 Å². The van der Waals surface area contributed by atoms with Crippen molar-refractivity contribution in [2.24, 2.45) is 0 Å². The van der Waals surface area contributed by atoms with Crippen LogP contribution in [0.15, 0.2) is 177 Å². The molecule has 11 N–H and O–H groups in total. The van der Waals surface area contributed by atoms with Crippen LogP contribution in [0.2, 0.25) is 0 Å². The lowest BCUT2D eigenvalue weighted by atomic mass is 10.1. The summed E-state index contributed by atoms with van der Waals surface area (Å²) in [4.78, 5) is 155. The maximum absolute atomic E-state index is 14.7. The van der Waals surface area contributed by atoms with Gasteiger partial charge in [0.05, 0.1) is 25.6 Å². The Bertz CT molecular complexity index is 6040. The van der Waals surface area contributed by atoms with Gasteiger partial charge >= 0.3 is 36.0 Å². The number of hydrogen-bond donors (Lipinski definition) is 11. The fraction of sp³-hybridized carbons (Fsp3) is 0.379. The van der Waals surface area contributed by atoms with Crippen LogP contribution in [0.25, 0.3) is 33.5 Å². The first kappa shape index (κ1) is 89.8. The standard InChI is InChI=1S/C30H37N7O7.C29H25F2N7O7.C28H27N7O8/c1-2-3-4-8-13-31-30(41)35-25-21-26(33-16-32-25)37(17-34-21)28-24-22(42-20(43-24)15-18-10-6-5-7-11-18)23(44-28)27(38)36-14-9-12-19(36)29(39)40;30-14-8-9-16(17(31)11-14)28-44-20-21(25(39)37-10-4-7-18(37)27(40)41)43-26(22(20)45-28)38-13-34-19-23(32-12-33-24(19)38)36-29(42)35-15-5-2-1-3-6-15;36-12-17(27(38)39)33-25(37)21-20-22(42-18(41-20)11-15-7-3-1-4-8-15)26(43-21)35-14-31-19-23(29-13-30-24(19)35)34-28(40)32-16-9-5-2-6-10-16/h5-7,10-11,16-17,19-20,22-24,28H,2-4,8-9,12-15H2,1H3,(H,39,40)(H2,31,32,33,35,41);1-3,5-6,8-9,11-13,18,20-22,26,28H,4,7,10H2,(H,40,41)(H2,32,33,35,36,42);1-10,13-14,17-18,20-22,26,36H,11-12H2,(H,33,37)(H,38,39)(H2,29,30,32,34,40). The summed E-state index contributed by atoms with van der Waals surface area (Å²) in [5.74, 6) is -6.69. The maximum atomic E-state index is 14.7. The second-order valence-corrected chi connectivity index (χ2v) is 31.8. The molecule has 0 spiro atoms. The van der Waals surface area contributed by atoms with Crippen molar-refractivity contribution in [2.45, 2.75) is 182 Å². The molecule has 688 valence electrons. The van der Waals surface area contributed by atoms with E-state index < -0.39 is 183 Å². The van der Waals surface area contributed by atoms with Crippen LogP contribution in [0.1, 0.15) is 100.0 Å².